The van der Waals surface area contributed by atoms with E-state index in [0.29, 0.717) is 11.4 Å². The predicted octanol–water partition coefficient (Wildman–Crippen LogP) is 1.79. The van der Waals surface area contributed by atoms with Crippen molar-refractivity contribution in [3.63, 3.8) is 0 Å². The van der Waals surface area contributed by atoms with E-state index in [4.69, 9.17) is 28.0 Å². The Morgan fingerprint density at radius 1 is 1.77 bits per heavy atom. The second kappa shape index (κ2) is 4.08. The molecule has 0 unspecified atom stereocenters. The highest BCUT2D eigenvalue weighted by molar-refractivity contribution is 6.32. The van der Waals surface area contributed by atoms with Crippen LogP contribution < -0.4 is 4.74 Å². The van der Waals surface area contributed by atoms with E-state index < -0.39 is 0 Å². The molecule has 0 bridgehead atoms. The van der Waals surface area contributed by atoms with Crippen LogP contribution in [-0.2, 0) is 6.61 Å². The van der Waals surface area contributed by atoms with E-state index in [0.717, 1.165) is 0 Å². The molecule has 0 radical (unpaired) electrons. The van der Waals surface area contributed by atoms with E-state index in [-0.39, 0.29) is 17.4 Å². The van der Waals surface area contributed by atoms with E-state index in [1.54, 1.807) is 0 Å². The zero-order valence-electron chi connectivity index (χ0n) is 6.91. The van der Waals surface area contributed by atoms with Gasteiger partial charge in [-0.1, -0.05) is 11.6 Å². The van der Waals surface area contributed by atoms with E-state index in [1.807, 2.05) is 0 Å². The lowest BCUT2D eigenvalue weighted by molar-refractivity contribution is 0.276. The van der Waals surface area contributed by atoms with Crippen molar-refractivity contribution in [1.29, 1.82) is 0 Å². The molecule has 0 spiro atoms. The monoisotopic (exact) mass is 198 g/mol. The number of rotatable bonds is 2. The van der Waals surface area contributed by atoms with Crippen LogP contribution in [-0.4, -0.2) is 17.2 Å². The first kappa shape index (κ1) is 9.78. The van der Waals surface area contributed by atoms with E-state index in [2.05, 4.69) is 9.83 Å². The molecule has 1 N–H and O–H groups in total. The van der Waals surface area contributed by atoms with Crippen LogP contribution in [0.1, 0.15) is 5.69 Å². The topological polar surface area (TPSA) is 46.7 Å². The molecular formula is C8H7ClN2O2. The van der Waals surface area contributed by atoms with Crippen LogP contribution in [0, 0.1) is 6.57 Å². The zero-order valence-corrected chi connectivity index (χ0v) is 7.67. The average Bonchev–Trinajstić information content (AvgIpc) is 2.16. The van der Waals surface area contributed by atoms with Gasteiger partial charge in [-0.2, -0.15) is 0 Å². The first-order valence-corrected chi connectivity index (χ1v) is 3.82. The Balaban J connectivity index is 3.31. The summed E-state index contributed by atoms with van der Waals surface area (Å²) in [5.74, 6) is 0.332. The van der Waals surface area contributed by atoms with E-state index >= 15 is 0 Å². The Morgan fingerprint density at radius 3 is 2.92 bits per heavy atom. The second-order valence-corrected chi connectivity index (χ2v) is 2.58. The Bertz CT molecular complexity index is 360. The second-order valence-electron chi connectivity index (χ2n) is 2.23. The zero-order chi connectivity index (χ0) is 9.84. The molecule has 0 atom stereocenters. The number of pyridine rings is 1. The van der Waals surface area contributed by atoms with Crippen molar-refractivity contribution in [3.8, 4) is 5.75 Å². The summed E-state index contributed by atoms with van der Waals surface area (Å²) in [6, 6.07) is 1.49. The number of hydrogen-bond acceptors (Lipinski definition) is 3. The number of aliphatic hydroxyl groups excluding tert-OH is 1. The van der Waals surface area contributed by atoms with Gasteiger partial charge in [-0.25, -0.2) is 4.85 Å². The molecule has 0 saturated carbocycles. The first-order chi connectivity index (χ1) is 6.22. The Kier molecular flexibility index (Phi) is 3.07. The number of aliphatic hydroxyl groups is 1. The summed E-state index contributed by atoms with van der Waals surface area (Å²) < 4.78 is 4.91. The van der Waals surface area contributed by atoms with Crippen molar-refractivity contribution in [2.75, 3.05) is 7.11 Å². The van der Waals surface area contributed by atoms with Crippen LogP contribution in [0.3, 0.4) is 0 Å². The van der Waals surface area contributed by atoms with Gasteiger partial charge in [0.05, 0.1) is 26.0 Å². The molecule has 1 heterocycles. The molecule has 68 valence electrons. The summed E-state index contributed by atoms with van der Waals surface area (Å²) in [5.41, 5.74) is 0.551. The largest absolute Gasteiger partial charge is 0.508 e. The number of nitrogens with zero attached hydrogens (tertiary/aromatic N) is 2. The van der Waals surface area contributed by atoms with E-state index in [1.165, 1.54) is 13.2 Å². The van der Waals surface area contributed by atoms with Gasteiger partial charge in [0.1, 0.15) is 10.9 Å². The SMILES string of the molecule is [C-]#[N+]c1c(OC)cc(CO)nc1Cl. The van der Waals surface area contributed by atoms with Crippen molar-refractivity contribution in [2.45, 2.75) is 6.61 Å². The predicted molar refractivity (Wildman–Crippen MR) is 48.0 cm³/mol. The van der Waals surface area contributed by atoms with Gasteiger partial charge in [-0.3, -0.25) is 4.98 Å². The normalized spacial score (nSPS) is 9.38. The van der Waals surface area contributed by atoms with Gasteiger partial charge in [-0.15, -0.1) is 0 Å². The third kappa shape index (κ3) is 1.89. The molecule has 0 aliphatic rings. The van der Waals surface area contributed by atoms with Gasteiger partial charge >= 0.3 is 0 Å². The van der Waals surface area contributed by atoms with Crippen LogP contribution >= 0.6 is 11.6 Å². The maximum absolute atomic E-state index is 8.79. The van der Waals surface area contributed by atoms with Crippen molar-refractivity contribution in [1.82, 2.24) is 4.98 Å². The highest BCUT2D eigenvalue weighted by Gasteiger charge is 2.11. The average molecular weight is 199 g/mol. The smallest absolute Gasteiger partial charge is 0.264 e. The van der Waals surface area contributed by atoms with Crippen molar-refractivity contribution >= 4 is 17.3 Å². The molecule has 1 rings (SSSR count). The lowest BCUT2D eigenvalue weighted by Gasteiger charge is -2.05. The highest BCUT2D eigenvalue weighted by Crippen LogP contribution is 2.34. The molecule has 0 aliphatic carbocycles. The maximum Gasteiger partial charge on any atom is 0.264 e. The van der Waals surface area contributed by atoms with Gasteiger partial charge in [0, 0.05) is 0 Å². The summed E-state index contributed by atoms with van der Waals surface area (Å²) in [4.78, 5) is 6.96. The van der Waals surface area contributed by atoms with Gasteiger partial charge in [-0.05, 0) is 6.07 Å². The molecule has 1 aromatic rings. The first-order valence-electron chi connectivity index (χ1n) is 3.44. The number of aromatic nitrogens is 1. The number of methoxy groups -OCH3 is 1. The third-order valence-electron chi connectivity index (χ3n) is 1.46. The minimum absolute atomic E-state index is 0.0541. The Hall–Kier alpha value is -1.31. The summed E-state index contributed by atoms with van der Waals surface area (Å²) in [6.07, 6.45) is 0. The number of halogens is 1. The van der Waals surface area contributed by atoms with Crippen LogP contribution in [0.25, 0.3) is 4.85 Å². The van der Waals surface area contributed by atoms with Crippen molar-refractivity contribution in [2.24, 2.45) is 0 Å². The van der Waals surface area contributed by atoms with Crippen LogP contribution in [0.2, 0.25) is 5.15 Å². The van der Waals surface area contributed by atoms with Crippen molar-refractivity contribution in [3.05, 3.63) is 28.3 Å². The highest BCUT2D eigenvalue weighted by atomic mass is 35.5. The summed E-state index contributed by atoms with van der Waals surface area (Å²) >= 11 is 5.68. The molecule has 0 aliphatic heterocycles. The fraction of sp³-hybridized carbons (Fsp3) is 0.250. The molecule has 1 aromatic heterocycles. The quantitative estimate of drug-likeness (QED) is 0.582. The van der Waals surface area contributed by atoms with Crippen LogP contribution in [0.5, 0.6) is 5.75 Å². The van der Waals surface area contributed by atoms with Gasteiger partial charge in [0.25, 0.3) is 5.69 Å². The molecule has 0 fully saturated rings. The summed E-state index contributed by atoms with van der Waals surface area (Å²) in [6.45, 7) is 6.59. The summed E-state index contributed by atoms with van der Waals surface area (Å²) in [7, 11) is 1.43. The van der Waals surface area contributed by atoms with Crippen LogP contribution in [0.4, 0.5) is 5.69 Å². The maximum atomic E-state index is 8.79. The van der Waals surface area contributed by atoms with Gasteiger partial charge in [0.2, 0.25) is 0 Å². The minimum Gasteiger partial charge on any atom is -0.508 e. The number of hydrogen-bond donors (Lipinski definition) is 1. The Labute approximate surface area is 80.6 Å². The fourth-order valence-electron chi connectivity index (χ4n) is 0.870. The third-order valence-corrected chi connectivity index (χ3v) is 1.73. The molecule has 0 aromatic carbocycles. The minimum atomic E-state index is -0.228. The van der Waals surface area contributed by atoms with E-state index in [9.17, 15) is 0 Å². The molecule has 0 amide bonds. The lowest BCUT2D eigenvalue weighted by atomic mass is 10.3. The molecule has 0 saturated heterocycles. The lowest BCUT2D eigenvalue weighted by Crippen LogP contribution is -1.92. The van der Waals surface area contributed by atoms with Crippen molar-refractivity contribution < 1.29 is 9.84 Å². The summed E-state index contributed by atoms with van der Waals surface area (Å²) in [5, 5.41) is 8.85. The molecular weight excluding hydrogens is 192 g/mol. The van der Waals surface area contributed by atoms with Gasteiger partial charge in [0.15, 0.2) is 0 Å². The molecule has 5 heteroatoms. The fourth-order valence-corrected chi connectivity index (χ4v) is 1.11. The number of ether oxygens (including phenoxy) is 1. The standard InChI is InChI=1S/C8H7ClN2O2/c1-10-7-6(13-2)3-5(4-12)11-8(7)9/h3,12H,4H2,2H3. The molecule has 4 nitrogen and oxygen atoms in total. The van der Waals surface area contributed by atoms with Crippen LogP contribution in [0.15, 0.2) is 6.07 Å². The molecule has 13 heavy (non-hydrogen) atoms. The van der Waals surface area contributed by atoms with Gasteiger partial charge < -0.3 is 9.84 Å². The Morgan fingerprint density at radius 2 is 2.46 bits per heavy atom.